The lowest BCUT2D eigenvalue weighted by molar-refractivity contribution is -0.742. The van der Waals surface area contributed by atoms with Crippen molar-refractivity contribution in [2.45, 2.75) is 18.5 Å². The predicted octanol–water partition coefficient (Wildman–Crippen LogP) is 1.13. The molecule has 2 N–H and O–H groups in total. The lowest BCUT2D eigenvalue weighted by Crippen LogP contribution is -2.96. The molecule has 2 heterocycles. The molecular weight excluding hydrogens is 375 g/mol. The van der Waals surface area contributed by atoms with Crippen molar-refractivity contribution < 1.29 is 28.8 Å². The fourth-order valence-corrected chi connectivity index (χ4v) is 4.89. The number of carbonyl (C=O) groups is 3. The second-order valence-corrected chi connectivity index (χ2v) is 7.36. The summed E-state index contributed by atoms with van der Waals surface area (Å²) < 4.78 is 19.8. The molecule has 0 unspecified atom stereocenters. The zero-order valence-electron chi connectivity index (χ0n) is 16.2. The Labute approximate surface area is 167 Å². The number of likely N-dealkylation sites (tertiary alicyclic amines) is 1. The fraction of sp³-hybridized carbons (Fsp3) is 0.318. The predicted molar refractivity (Wildman–Crippen MR) is 101 cm³/mol. The van der Waals surface area contributed by atoms with Crippen LogP contribution in [0.25, 0.3) is 0 Å². The molecule has 4 rings (SSSR count). The first-order valence-corrected chi connectivity index (χ1v) is 9.57. The van der Waals surface area contributed by atoms with Gasteiger partial charge in [0.1, 0.15) is 23.7 Å². The highest BCUT2D eigenvalue weighted by Gasteiger charge is 2.73. The van der Waals surface area contributed by atoms with Crippen LogP contribution in [0.2, 0.25) is 0 Å². The second kappa shape index (κ2) is 7.08. The number of nitrogens with zero attached hydrogens (tertiary/aromatic N) is 1. The van der Waals surface area contributed by atoms with Crippen molar-refractivity contribution in [3.63, 3.8) is 0 Å². The minimum absolute atomic E-state index is 0.195. The third-order valence-electron chi connectivity index (χ3n) is 6.12. The van der Waals surface area contributed by atoms with Crippen molar-refractivity contribution in [1.82, 2.24) is 4.90 Å². The molecule has 0 aliphatic carbocycles. The number of halogens is 1. The Morgan fingerprint density at radius 3 is 2.38 bits per heavy atom. The summed E-state index contributed by atoms with van der Waals surface area (Å²) >= 11 is 0. The molecule has 2 aliphatic rings. The second-order valence-electron chi connectivity index (χ2n) is 7.36. The van der Waals surface area contributed by atoms with Crippen LogP contribution in [0.5, 0.6) is 0 Å². The summed E-state index contributed by atoms with van der Waals surface area (Å²) in [6, 6.07) is 14.2. The fourth-order valence-electron chi connectivity index (χ4n) is 4.89. The van der Waals surface area contributed by atoms with E-state index in [0.717, 1.165) is 4.90 Å². The summed E-state index contributed by atoms with van der Waals surface area (Å²) in [5.41, 5.74) is -0.618. The Bertz CT molecular complexity index is 980. The number of methoxy groups -OCH3 is 1. The molecule has 6 nitrogen and oxygen atoms in total. The Kier molecular flexibility index (Phi) is 4.70. The maximum atomic E-state index is 14.7. The number of ether oxygens (including phenoxy) is 1. The van der Waals surface area contributed by atoms with Gasteiger partial charge in [-0.3, -0.25) is 14.5 Å². The van der Waals surface area contributed by atoms with E-state index in [2.05, 4.69) is 0 Å². The van der Waals surface area contributed by atoms with Gasteiger partial charge in [-0.25, -0.2) is 9.18 Å². The first-order valence-electron chi connectivity index (χ1n) is 9.57. The number of esters is 1. The standard InChI is InChI=1S/C22H21FN2O4/c1-3-25-19(26)16-17(20(25)27)22(21(28)29-2,13-9-5-4-6-10-13)24-18(16)14-11-7-8-12-15(14)23/h4-12,16-18,24H,3H2,1-2H3/p+1/t16-,17-,18-,22+/m0/s1. The average Bonchev–Trinajstić information content (AvgIpc) is 3.23. The SMILES string of the molecule is CCN1C(=O)[C@H]2[C@@H](C1=O)[C@@](C(=O)OC)(c1ccccc1)[NH2+][C@H]2c1ccccc1F. The molecule has 0 bridgehead atoms. The summed E-state index contributed by atoms with van der Waals surface area (Å²) in [7, 11) is 1.26. The van der Waals surface area contributed by atoms with Gasteiger partial charge < -0.3 is 10.1 Å². The van der Waals surface area contributed by atoms with Crippen LogP contribution in [0.3, 0.4) is 0 Å². The number of amides is 2. The van der Waals surface area contributed by atoms with E-state index in [9.17, 15) is 18.8 Å². The summed E-state index contributed by atoms with van der Waals surface area (Å²) in [5, 5.41) is 1.64. The molecule has 2 amide bonds. The molecular formula is C22H22FN2O4+. The van der Waals surface area contributed by atoms with Crippen molar-refractivity contribution in [2.75, 3.05) is 13.7 Å². The maximum Gasteiger partial charge on any atom is 0.373 e. The highest BCUT2D eigenvalue weighted by atomic mass is 19.1. The Morgan fingerprint density at radius 1 is 1.10 bits per heavy atom. The summed E-state index contributed by atoms with van der Waals surface area (Å²) in [6.45, 7) is 1.90. The summed E-state index contributed by atoms with van der Waals surface area (Å²) in [6.07, 6.45) is 0. The number of hydrogen-bond acceptors (Lipinski definition) is 4. The molecule has 2 aromatic carbocycles. The van der Waals surface area contributed by atoms with Crippen LogP contribution in [-0.2, 0) is 24.7 Å². The zero-order chi connectivity index (χ0) is 20.8. The number of rotatable bonds is 4. The Hall–Kier alpha value is -3.06. The van der Waals surface area contributed by atoms with E-state index in [1.165, 1.54) is 13.2 Å². The first kappa shape index (κ1) is 19.3. The van der Waals surface area contributed by atoms with Gasteiger partial charge in [0.2, 0.25) is 17.4 Å². The zero-order valence-corrected chi connectivity index (χ0v) is 16.2. The van der Waals surface area contributed by atoms with Crippen LogP contribution in [-0.4, -0.2) is 36.3 Å². The molecule has 0 spiro atoms. The number of imide groups is 1. The molecule has 7 heteroatoms. The quantitative estimate of drug-likeness (QED) is 0.620. The Balaban J connectivity index is 1.97. The van der Waals surface area contributed by atoms with Crippen LogP contribution in [0.15, 0.2) is 54.6 Å². The Morgan fingerprint density at radius 2 is 1.76 bits per heavy atom. The number of nitrogens with two attached hydrogens (primary N) is 1. The smallest absolute Gasteiger partial charge is 0.373 e. The van der Waals surface area contributed by atoms with Gasteiger partial charge in [-0.1, -0.05) is 48.5 Å². The molecule has 0 radical (unpaired) electrons. The maximum absolute atomic E-state index is 14.7. The molecule has 2 fully saturated rings. The molecule has 4 atom stereocenters. The van der Waals surface area contributed by atoms with E-state index in [-0.39, 0.29) is 12.5 Å². The van der Waals surface area contributed by atoms with Gasteiger partial charge in [0, 0.05) is 17.7 Å². The van der Waals surface area contributed by atoms with Crippen LogP contribution in [0.1, 0.15) is 24.1 Å². The van der Waals surface area contributed by atoms with Crippen molar-refractivity contribution >= 4 is 17.8 Å². The topological polar surface area (TPSA) is 80.3 Å². The van der Waals surface area contributed by atoms with Gasteiger partial charge in [0.15, 0.2) is 0 Å². The number of fused-ring (bicyclic) bond motifs is 1. The third-order valence-corrected chi connectivity index (χ3v) is 6.12. The van der Waals surface area contributed by atoms with Gasteiger partial charge in [0.25, 0.3) is 0 Å². The molecule has 2 aliphatic heterocycles. The van der Waals surface area contributed by atoms with E-state index in [1.54, 1.807) is 60.8 Å². The molecule has 150 valence electrons. The first-order chi connectivity index (χ1) is 14.0. The van der Waals surface area contributed by atoms with Crippen LogP contribution in [0.4, 0.5) is 4.39 Å². The monoisotopic (exact) mass is 397 g/mol. The molecule has 2 saturated heterocycles. The van der Waals surface area contributed by atoms with E-state index in [1.807, 2.05) is 0 Å². The van der Waals surface area contributed by atoms with Gasteiger partial charge in [-0.15, -0.1) is 0 Å². The minimum Gasteiger partial charge on any atom is -0.464 e. The lowest BCUT2D eigenvalue weighted by atomic mass is 9.75. The summed E-state index contributed by atoms with van der Waals surface area (Å²) in [5.74, 6) is -3.75. The number of carbonyl (C=O) groups excluding carboxylic acids is 3. The van der Waals surface area contributed by atoms with Crippen LogP contribution >= 0.6 is 0 Å². The molecule has 0 aromatic heterocycles. The van der Waals surface area contributed by atoms with E-state index < -0.39 is 41.1 Å². The van der Waals surface area contributed by atoms with Gasteiger partial charge in [-0.05, 0) is 13.0 Å². The highest BCUT2D eigenvalue weighted by Crippen LogP contribution is 2.48. The van der Waals surface area contributed by atoms with E-state index in [0.29, 0.717) is 11.1 Å². The number of benzene rings is 2. The third kappa shape index (κ3) is 2.61. The van der Waals surface area contributed by atoms with E-state index >= 15 is 0 Å². The van der Waals surface area contributed by atoms with Crippen molar-refractivity contribution in [1.29, 1.82) is 0 Å². The van der Waals surface area contributed by atoms with Crippen molar-refractivity contribution in [3.8, 4) is 0 Å². The lowest BCUT2D eigenvalue weighted by Gasteiger charge is -2.29. The molecule has 0 saturated carbocycles. The van der Waals surface area contributed by atoms with Crippen molar-refractivity contribution in [2.24, 2.45) is 11.8 Å². The highest BCUT2D eigenvalue weighted by molar-refractivity contribution is 6.08. The van der Waals surface area contributed by atoms with Crippen molar-refractivity contribution in [3.05, 3.63) is 71.5 Å². The number of hydrogen-bond donors (Lipinski definition) is 1. The van der Waals surface area contributed by atoms with E-state index in [4.69, 9.17) is 4.74 Å². The van der Waals surface area contributed by atoms with Gasteiger partial charge in [0.05, 0.1) is 7.11 Å². The molecule has 2 aromatic rings. The normalized spacial score (nSPS) is 28.5. The number of quaternary nitrogens is 1. The summed E-state index contributed by atoms with van der Waals surface area (Å²) in [4.78, 5) is 40.8. The van der Waals surface area contributed by atoms with Gasteiger partial charge >= 0.3 is 5.97 Å². The molecule has 29 heavy (non-hydrogen) atoms. The largest absolute Gasteiger partial charge is 0.464 e. The van der Waals surface area contributed by atoms with Crippen LogP contribution < -0.4 is 5.32 Å². The van der Waals surface area contributed by atoms with Crippen LogP contribution in [0, 0.1) is 17.7 Å². The average molecular weight is 397 g/mol. The van der Waals surface area contributed by atoms with Gasteiger partial charge in [-0.2, -0.15) is 0 Å². The minimum atomic E-state index is -1.47.